The van der Waals surface area contributed by atoms with E-state index in [4.69, 9.17) is 23.7 Å². The maximum atomic E-state index is 12.5. The minimum absolute atomic E-state index is 0.749. The van der Waals surface area contributed by atoms with Crippen LogP contribution in [0.15, 0.2) is 0 Å². The summed E-state index contributed by atoms with van der Waals surface area (Å²) in [5.41, 5.74) is 0. The summed E-state index contributed by atoms with van der Waals surface area (Å²) in [4.78, 5) is 24.3. The lowest BCUT2D eigenvalue weighted by atomic mass is 9.88. The molecule has 0 aromatic carbocycles. The predicted octanol–water partition coefficient (Wildman–Crippen LogP) is -8.22. The van der Waals surface area contributed by atoms with Gasteiger partial charge in [0.15, 0.2) is 12.6 Å². The largest absolute Gasteiger partial charge is 0.477 e. The second kappa shape index (κ2) is 14.6. The fraction of sp³-hybridized carbons (Fsp3) is 0.913. The van der Waals surface area contributed by atoms with Crippen LogP contribution in [0, 0.1) is 0 Å². The quantitative estimate of drug-likeness (QED) is 0.100. The third kappa shape index (κ3) is 7.41. The van der Waals surface area contributed by atoms with Crippen LogP contribution >= 0.6 is 0 Å². The van der Waals surface area contributed by atoms with Crippen LogP contribution in [0.25, 0.3) is 0 Å². The van der Waals surface area contributed by atoms with Crippen LogP contribution in [0.3, 0.4) is 0 Å². The first-order chi connectivity index (χ1) is 20.1. The van der Waals surface area contributed by atoms with Gasteiger partial charge >= 0.3 is 5.97 Å². The van der Waals surface area contributed by atoms with Gasteiger partial charge < -0.3 is 90.3 Å². The zero-order valence-electron chi connectivity index (χ0n) is 22.7. The number of aliphatic hydroxyl groups is 11. The van der Waals surface area contributed by atoms with Crippen molar-refractivity contribution in [2.45, 2.75) is 111 Å². The molecule has 0 saturated carbocycles. The third-order valence-electron chi connectivity index (χ3n) is 7.47. The maximum absolute atomic E-state index is 12.5. The zero-order chi connectivity index (χ0) is 32.4. The molecule has 43 heavy (non-hydrogen) atoms. The van der Waals surface area contributed by atoms with Crippen LogP contribution in [0.2, 0.25) is 0 Å². The van der Waals surface area contributed by atoms with Crippen LogP contribution in [0.5, 0.6) is 0 Å². The summed E-state index contributed by atoms with van der Waals surface area (Å²) in [5.74, 6) is -5.74. The summed E-state index contributed by atoms with van der Waals surface area (Å²) < 4.78 is 26.8. The minimum Gasteiger partial charge on any atom is -0.477 e. The second-order valence-corrected chi connectivity index (χ2v) is 10.5. The summed E-state index contributed by atoms with van der Waals surface area (Å²) >= 11 is 0. The molecule has 1 amide bonds. The van der Waals surface area contributed by atoms with Gasteiger partial charge in [0.1, 0.15) is 67.1 Å². The highest BCUT2D eigenvalue weighted by molar-refractivity contribution is 5.76. The summed E-state index contributed by atoms with van der Waals surface area (Å²) in [6.07, 6.45) is -27.8. The van der Waals surface area contributed by atoms with Gasteiger partial charge in [-0.05, 0) is 0 Å². The molecule has 3 saturated heterocycles. The monoisotopic (exact) mass is 633 g/mol. The zero-order valence-corrected chi connectivity index (χ0v) is 22.7. The second-order valence-electron chi connectivity index (χ2n) is 10.5. The molecule has 20 nitrogen and oxygen atoms in total. The van der Waals surface area contributed by atoms with E-state index < -0.39 is 136 Å². The average molecular weight is 634 g/mol. The topological polar surface area (TPSA) is 335 Å². The molecule has 0 aromatic heterocycles. The molecule has 0 bridgehead atoms. The predicted molar refractivity (Wildman–Crippen MR) is 130 cm³/mol. The molecule has 0 aliphatic carbocycles. The van der Waals surface area contributed by atoms with Gasteiger partial charge in [-0.15, -0.1) is 0 Å². The first-order valence-corrected chi connectivity index (χ1v) is 13.2. The molecular weight excluding hydrogens is 594 g/mol. The van der Waals surface area contributed by atoms with Crippen LogP contribution in [-0.2, 0) is 33.3 Å². The summed E-state index contributed by atoms with van der Waals surface area (Å²) in [7, 11) is 0. The fourth-order valence-corrected chi connectivity index (χ4v) is 5.16. The molecule has 250 valence electrons. The Morgan fingerprint density at radius 3 is 2.07 bits per heavy atom. The van der Waals surface area contributed by atoms with Gasteiger partial charge in [0.05, 0.1) is 32.0 Å². The smallest absolute Gasteiger partial charge is 0.364 e. The molecule has 3 rings (SSSR count). The number of aliphatic hydroxyl groups excluding tert-OH is 11. The van der Waals surface area contributed by atoms with Crippen LogP contribution < -0.4 is 5.32 Å². The Bertz CT molecular complexity index is 942. The van der Waals surface area contributed by atoms with E-state index in [0.29, 0.717) is 0 Å². The number of amides is 1. The maximum Gasteiger partial charge on any atom is 0.364 e. The Labute approximate surface area is 243 Å². The van der Waals surface area contributed by atoms with Gasteiger partial charge in [-0.2, -0.15) is 0 Å². The van der Waals surface area contributed by atoms with Gasteiger partial charge in [-0.25, -0.2) is 4.79 Å². The van der Waals surface area contributed by atoms with E-state index in [1.54, 1.807) is 0 Å². The Kier molecular flexibility index (Phi) is 12.1. The van der Waals surface area contributed by atoms with Crippen LogP contribution in [0.4, 0.5) is 0 Å². The number of carboxylic acids is 1. The summed E-state index contributed by atoms with van der Waals surface area (Å²) in [6, 6.07) is -1.54. The number of carbonyl (C=O) groups excluding carboxylic acids is 1. The molecule has 0 spiro atoms. The van der Waals surface area contributed by atoms with Gasteiger partial charge in [0, 0.05) is 13.3 Å². The number of carbonyl (C=O) groups is 2. The minimum atomic E-state index is -3.02. The van der Waals surface area contributed by atoms with Crippen LogP contribution in [0.1, 0.15) is 13.3 Å². The van der Waals surface area contributed by atoms with Crippen LogP contribution in [-0.4, -0.2) is 191 Å². The van der Waals surface area contributed by atoms with Crippen molar-refractivity contribution in [1.82, 2.24) is 5.32 Å². The lowest BCUT2D eigenvalue weighted by molar-refractivity contribution is -0.385. The normalized spacial score (nSPS) is 45.3. The molecule has 13 N–H and O–H groups in total. The number of hydrogen-bond acceptors (Lipinski definition) is 18. The standard InChI is InChI=1S/C23H39NO19/c1-6(28)24-11-7(29)2-23(22(37)38,42-18(11)12(31)8(30)3-25)43-19-13(32)9(4-26)40-21(16(19)35)41-17-10(5-27)39-20(36)15(34)14(17)33/h7-21,25-27,29-36H,2-5H2,1H3,(H,24,28)(H,37,38)/t7?,8-,9?,10?,11-,12-,13+,14?,15?,16?,17-,18?,19?,20-,21+,23+/m1/s1. The van der Waals surface area contributed by atoms with Crippen molar-refractivity contribution in [2.24, 2.45) is 0 Å². The number of ether oxygens (including phenoxy) is 5. The van der Waals surface area contributed by atoms with E-state index in [9.17, 15) is 70.9 Å². The Hall–Kier alpha value is -1.70. The van der Waals surface area contributed by atoms with E-state index in [0.717, 1.165) is 6.92 Å². The highest BCUT2D eigenvalue weighted by Crippen LogP contribution is 2.38. The molecule has 3 heterocycles. The van der Waals surface area contributed by atoms with Gasteiger partial charge in [0.25, 0.3) is 5.79 Å². The van der Waals surface area contributed by atoms with Crippen molar-refractivity contribution in [3.05, 3.63) is 0 Å². The van der Waals surface area contributed by atoms with Crippen molar-refractivity contribution in [1.29, 1.82) is 0 Å². The van der Waals surface area contributed by atoms with Crippen molar-refractivity contribution in [3.8, 4) is 0 Å². The molecule has 3 aliphatic heterocycles. The van der Waals surface area contributed by atoms with Gasteiger partial charge in [-0.3, -0.25) is 4.79 Å². The first kappa shape index (κ1) is 35.8. The molecule has 16 atom stereocenters. The highest BCUT2D eigenvalue weighted by atomic mass is 16.8. The van der Waals surface area contributed by atoms with Crippen molar-refractivity contribution < 1.29 is 94.6 Å². The Balaban J connectivity index is 1.94. The van der Waals surface area contributed by atoms with E-state index in [1.165, 1.54) is 0 Å². The lowest BCUT2D eigenvalue weighted by Gasteiger charge is -2.50. The summed E-state index contributed by atoms with van der Waals surface area (Å²) in [6.45, 7) is -1.85. The fourth-order valence-electron chi connectivity index (χ4n) is 5.16. The highest BCUT2D eigenvalue weighted by Gasteiger charge is 2.60. The lowest BCUT2D eigenvalue weighted by Crippen LogP contribution is -2.70. The van der Waals surface area contributed by atoms with Crippen molar-refractivity contribution >= 4 is 11.9 Å². The molecule has 20 heteroatoms. The first-order valence-electron chi connectivity index (χ1n) is 13.2. The number of hydrogen-bond donors (Lipinski definition) is 13. The number of rotatable bonds is 11. The average Bonchev–Trinajstić information content (AvgIpc) is 2.96. The Morgan fingerprint density at radius 2 is 1.53 bits per heavy atom. The molecule has 0 aromatic rings. The van der Waals surface area contributed by atoms with E-state index in [-0.39, 0.29) is 0 Å². The van der Waals surface area contributed by atoms with Gasteiger partial charge in [0.2, 0.25) is 5.91 Å². The van der Waals surface area contributed by atoms with E-state index in [1.807, 2.05) is 0 Å². The number of carboxylic acid groups (broad SMARTS) is 1. The molecular formula is C23H39NO19. The Morgan fingerprint density at radius 1 is 0.907 bits per heavy atom. The van der Waals surface area contributed by atoms with Crippen molar-refractivity contribution in [3.63, 3.8) is 0 Å². The summed E-state index contributed by atoms with van der Waals surface area (Å²) in [5, 5.41) is 124. The SMILES string of the molecule is CC(=O)N[C@@H]1C(O)C[C@](OC2C(O)[C@H](O[C@@H]3C(CO)O[C@@H](O)C(O)C3O)OC(CO)[C@@H]2O)(C(=O)O)OC1[C@H](O)[C@H](O)CO. The number of aliphatic carboxylic acids is 1. The van der Waals surface area contributed by atoms with E-state index in [2.05, 4.69) is 5.32 Å². The van der Waals surface area contributed by atoms with Crippen molar-refractivity contribution in [2.75, 3.05) is 19.8 Å². The molecule has 8 unspecified atom stereocenters. The third-order valence-corrected chi connectivity index (χ3v) is 7.47. The number of nitrogens with one attached hydrogen (secondary N) is 1. The molecule has 3 fully saturated rings. The van der Waals surface area contributed by atoms with Gasteiger partial charge in [-0.1, -0.05) is 0 Å². The molecule has 3 aliphatic rings. The van der Waals surface area contributed by atoms with E-state index >= 15 is 0 Å². The molecule has 0 radical (unpaired) electrons.